The molecule has 5 nitrogen and oxygen atoms in total. The Kier molecular flexibility index (Phi) is 5.64. The molecule has 0 aliphatic rings. The fraction of sp³-hybridized carbons (Fsp3) is 0.357. The minimum absolute atomic E-state index is 0.00498. The van der Waals surface area contributed by atoms with Crippen LogP contribution in [0, 0.1) is 6.92 Å². The molecule has 0 saturated heterocycles. The number of aromatic nitrogens is 3. The van der Waals surface area contributed by atoms with Crippen molar-refractivity contribution in [2.45, 2.75) is 18.5 Å². The summed E-state index contributed by atoms with van der Waals surface area (Å²) in [4.78, 5) is 11.8. The van der Waals surface area contributed by atoms with E-state index in [1.54, 1.807) is 0 Å². The van der Waals surface area contributed by atoms with Gasteiger partial charge >= 0.3 is 0 Å². The third-order valence-corrected chi connectivity index (χ3v) is 4.31. The van der Waals surface area contributed by atoms with Crippen LogP contribution in [0.1, 0.15) is 11.4 Å². The maximum atomic E-state index is 11.8. The van der Waals surface area contributed by atoms with Gasteiger partial charge in [0.25, 0.3) is 0 Å². The minimum atomic E-state index is -0.00498. The van der Waals surface area contributed by atoms with E-state index in [9.17, 15) is 4.79 Å². The molecule has 0 aliphatic carbocycles. The highest BCUT2D eigenvalue weighted by molar-refractivity contribution is 7.99. The van der Waals surface area contributed by atoms with Crippen LogP contribution in [0.15, 0.2) is 29.4 Å². The Morgan fingerprint density at radius 1 is 1.33 bits per heavy atom. The van der Waals surface area contributed by atoms with Crippen molar-refractivity contribution in [1.29, 1.82) is 0 Å². The molecule has 0 atom stereocenters. The maximum absolute atomic E-state index is 11.8. The first-order valence-corrected chi connectivity index (χ1v) is 7.92. The van der Waals surface area contributed by atoms with E-state index in [4.69, 9.17) is 11.6 Å². The predicted octanol–water partition coefficient (Wildman–Crippen LogP) is 2.23. The fourth-order valence-corrected chi connectivity index (χ4v) is 2.60. The van der Waals surface area contributed by atoms with Crippen LogP contribution in [0.3, 0.4) is 0 Å². The fourth-order valence-electron chi connectivity index (χ4n) is 1.69. The summed E-state index contributed by atoms with van der Waals surface area (Å²) in [6, 6.07) is 7.63. The summed E-state index contributed by atoms with van der Waals surface area (Å²) in [7, 11) is 1.89. The summed E-state index contributed by atoms with van der Waals surface area (Å²) in [6.07, 6.45) is 0.788. The third-order valence-electron chi connectivity index (χ3n) is 3.03. The van der Waals surface area contributed by atoms with Crippen LogP contribution in [0.25, 0.3) is 0 Å². The number of halogens is 1. The highest BCUT2D eigenvalue weighted by Gasteiger charge is 2.08. The Labute approximate surface area is 133 Å². The highest BCUT2D eigenvalue weighted by Crippen LogP contribution is 2.14. The summed E-state index contributed by atoms with van der Waals surface area (Å²) in [6.45, 7) is 2.49. The number of aryl methyl sites for hydroxylation is 1. The first kappa shape index (κ1) is 15.9. The number of hydrogen-bond acceptors (Lipinski definition) is 4. The average molecular weight is 325 g/mol. The van der Waals surface area contributed by atoms with E-state index in [0.29, 0.717) is 12.3 Å². The van der Waals surface area contributed by atoms with E-state index in [0.717, 1.165) is 28.0 Å². The minimum Gasteiger partial charge on any atom is -0.355 e. The van der Waals surface area contributed by atoms with E-state index in [2.05, 4.69) is 15.5 Å². The van der Waals surface area contributed by atoms with Gasteiger partial charge in [-0.25, -0.2) is 0 Å². The van der Waals surface area contributed by atoms with Gasteiger partial charge < -0.3 is 9.88 Å². The van der Waals surface area contributed by atoms with Crippen molar-refractivity contribution < 1.29 is 4.79 Å². The Bertz CT molecular complexity index is 612. The lowest BCUT2D eigenvalue weighted by Crippen LogP contribution is -2.27. The molecule has 7 heteroatoms. The Balaban J connectivity index is 1.70. The molecule has 0 bridgehead atoms. The number of amides is 1. The van der Waals surface area contributed by atoms with Crippen molar-refractivity contribution >= 4 is 29.3 Å². The molecule has 1 heterocycles. The molecule has 0 unspecified atom stereocenters. The molecule has 0 aliphatic heterocycles. The van der Waals surface area contributed by atoms with Gasteiger partial charge in [0.2, 0.25) is 5.91 Å². The molecule has 1 amide bonds. The topological polar surface area (TPSA) is 59.8 Å². The van der Waals surface area contributed by atoms with Crippen molar-refractivity contribution in [2.24, 2.45) is 7.05 Å². The first-order valence-electron chi connectivity index (χ1n) is 6.56. The first-order chi connectivity index (χ1) is 10.1. The summed E-state index contributed by atoms with van der Waals surface area (Å²) >= 11 is 7.21. The summed E-state index contributed by atoms with van der Waals surface area (Å²) < 4.78 is 1.87. The molecule has 1 aromatic carbocycles. The summed E-state index contributed by atoms with van der Waals surface area (Å²) in [5.74, 6) is 1.17. The smallest absolute Gasteiger partial charge is 0.230 e. The number of carbonyl (C=O) groups is 1. The SMILES string of the molecule is Cc1nnc(SCC(=O)NCCc2ccc(Cl)cc2)n1C. The van der Waals surface area contributed by atoms with Crippen molar-refractivity contribution in [3.63, 3.8) is 0 Å². The van der Waals surface area contributed by atoms with Gasteiger partial charge in [0.15, 0.2) is 5.16 Å². The van der Waals surface area contributed by atoms with Crippen LogP contribution >= 0.6 is 23.4 Å². The highest BCUT2D eigenvalue weighted by atomic mass is 35.5. The standard InChI is InChI=1S/C14H17ClN4OS/c1-10-17-18-14(19(10)2)21-9-13(20)16-8-7-11-3-5-12(15)6-4-11/h3-6H,7-9H2,1-2H3,(H,16,20). The molecule has 0 fully saturated rings. The molecule has 0 saturated carbocycles. The zero-order valence-corrected chi connectivity index (χ0v) is 13.5. The number of rotatable bonds is 6. The molecular formula is C14H17ClN4OS. The van der Waals surface area contributed by atoms with E-state index >= 15 is 0 Å². The van der Waals surface area contributed by atoms with Gasteiger partial charge in [0, 0.05) is 18.6 Å². The molecule has 2 rings (SSSR count). The summed E-state index contributed by atoms with van der Waals surface area (Å²) in [5.41, 5.74) is 1.15. The van der Waals surface area contributed by atoms with Gasteiger partial charge in [0.1, 0.15) is 5.82 Å². The quantitative estimate of drug-likeness (QED) is 0.828. The molecule has 2 aromatic rings. The number of hydrogen-bond donors (Lipinski definition) is 1. The van der Waals surface area contributed by atoms with Crippen LogP contribution in [0.4, 0.5) is 0 Å². The van der Waals surface area contributed by atoms with Gasteiger partial charge in [-0.2, -0.15) is 0 Å². The zero-order chi connectivity index (χ0) is 15.2. The lowest BCUT2D eigenvalue weighted by molar-refractivity contribution is -0.118. The van der Waals surface area contributed by atoms with Crippen LogP contribution in [-0.4, -0.2) is 33.0 Å². The van der Waals surface area contributed by atoms with Gasteiger partial charge in [0.05, 0.1) is 5.75 Å². The molecule has 0 spiro atoms. The Morgan fingerprint density at radius 2 is 2.05 bits per heavy atom. The average Bonchev–Trinajstić information content (AvgIpc) is 2.79. The van der Waals surface area contributed by atoms with Crippen molar-refractivity contribution in [1.82, 2.24) is 20.1 Å². The molecular weight excluding hydrogens is 308 g/mol. The second-order valence-corrected chi connectivity index (χ2v) is 5.98. The van der Waals surface area contributed by atoms with Gasteiger partial charge in [-0.3, -0.25) is 4.79 Å². The number of nitrogens with zero attached hydrogens (tertiary/aromatic N) is 3. The second-order valence-electron chi connectivity index (χ2n) is 4.60. The zero-order valence-electron chi connectivity index (χ0n) is 12.0. The molecule has 0 radical (unpaired) electrons. The van der Waals surface area contributed by atoms with Crippen molar-refractivity contribution in [3.05, 3.63) is 40.7 Å². The van der Waals surface area contributed by atoms with E-state index in [1.807, 2.05) is 42.8 Å². The number of benzene rings is 1. The number of nitrogens with one attached hydrogen (secondary N) is 1. The molecule has 21 heavy (non-hydrogen) atoms. The maximum Gasteiger partial charge on any atom is 0.230 e. The molecule has 112 valence electrons. The lowest BCUT2D eigenvalue weighted by atomic mass is 10.1. The number of thioether (sulfide) groups is 1. The van der Waals surface area contributed by atoms with Gasteiger partial charge in [-0.1, -0.05) is 35.5 Å². The van der Waals surface area contributed by atoms with Crippen molar-refractivity contribution in [2.75, 3.05) is 12.3 Å². The van der Waals surface area contributed by atoms with E-state index in [-0.39, 0.29) is 5.91 Å². The largest absolute Gasteiger partial charge is 0.355 e. The normalized spacial score (nSPS) is 10.6. The van der Waals surface area contributed by atoms with Crippen molar-refractivity contribution in [3.8, 4) is 0 Å². The van der Waals surface area contributed by atoms with E-state index < -0.39 is 0 Å². The Hall–Kier alpha value is -1.53. The number of carbonyl (C=O) groups excluding carboxylic acids is 1. The monoisotopic (exact) mass is 324 g/mol. The lowest BCUT2D eigenvalue weighted by Gasteiger charge is -2.05. The van der Waals surface area contributed by atoms with E-state index in [1.165, 1.54) is 11.8 Å². The third kappa shape index (κ3) is 4.75. The van der Waals surface area contributed by atoms with Crippen LogP contribution in [-0.2, 0) is 18.3 Å². The van der Waals surface area contributed by atoms with Gasteiger partial charge in [-0.15, -0.1) is 10.2 Å². The molecule has 1 aromatic heterocycles. The van der Waals surface area contributed by atoms with Crippen LogP contribution in [0.5, 0.6) is 0 Å². The molecule has 1 N–H and O–H groups in total. The van der Waals surface area contributed by atoms with Crippen LogP contribution in [0.2, 0.25) is 5.02 Å². The summed E-state index contributed by atoms with van der Waals surface area (Å²) in [5, 5.41) is 12.3. The van der Waals surface area contributed by atoms with Gasteiger partial charge in [-0.05, 0) is 31.0 Å². The predicted molar refractivity (Wildman–Crippen MR) is 84.6 cm³/mol. The van der Waals surface area contributed by atoms with Crippen LogP contribution < -0.4 is 5.32 Å². The Morgan fingerprint density at radius 3 is 2.67 bits per heavy atom. The second kappa shape index (κ2) is 7.47.